The summed E-state index contributed by atoms with van der Waals surface area (Å²) in [5, 5.41) is 21.5. The zero-order valence-corrected chi connectivity index (χ0v) is 21.0. The number of aromatic nitrogens is 2. The molecular formula is C28H26FN3O6. The molecule has 196 valence electrons. The molecule has 0 saturated carbocycles. The predicted molar refractivity (Wildman–Crippen MR) is 133 cm³/mol. The number of hydrogen-bond donors (Lipinski definition) is 2. The molecule has 38 heavy (non-hydrogen) atoms. The number of aliphatic hydroxyl groups excluding tert-OH is 1. The predicted octanol–water partition coefficient (Wildman–Crippen LogP) is 1.97. The van der Waals surface area contributed by atoms with Gasteiger partial charge in [0, 0.05) is 29.1 Å². The third-order valence-corrected chi connectivity index (χ3v) is 8.99. The van der Waals surface area contributed by atoms with Crippen LogP contribution in [0.5, 0.6) is 0 Å². The highest BCUT2D eigenvalue weighted by molar-refractivity contribution is 5.94. The minimum Gasteiger partial charge on any atom is -0.458 e. The van der Waals surface area contributed by atoms with Crippen LogP contribution in [0.3, 0.4) is 0 Å². The van der Waals surface area contributed by atoms with E-state index >= 15 is 0 Å². The van der Waals surface area contributed by atoms with Crippen molar-refractivity contribution < 1.29 is 28.9 Å². The molecule has 3 atom stereocenters. The first-order valence-corrected chi connectivity index (χ1v) is 12.9. The van der Waals surface area contributed by atoms with Gasteiger partial charge in [-0.1, -0.05) is 6.92 Å². The van der Waals surface area contributed by atoms with E-state index in [1.54, 1.807) is 29.4 Å². The molecule has 5 heterocycles. The number of esters is 1. The van der Waals surface area contributed by atoms with Crippen LogP contribution in [0.4, 0.5) is 4.39 Å². The molecule has 1 unspecified atom stereocenters. The summed E-state index contributed by atoms with van der Waals surface area (Å²) in [7, 11) is 0. The lowest BCUT2D eigenvalue weighted by Crippen LogP contribution is -2.55. The summed E-state index contributed by atoms with van der Waals surface area (Å²) in [6, 6.07) is 2.74. The molecule has 7 rings (SSSR count). The summed E-state index contributed by atoms with van der Waals surface area (Å²) in [4.78, 5) is 45.6. The highest BCUT2D eigenvalue weighted by Crippen LogP contribution is 2.48. The van der Waals surface area contributed by atoms with Crippen molar-refractivity contribution >= 4 is 22.8 Å². The molecule has 4 aliphatic rings. The number of nitrogens with zero attached hydrogens (tertiary/aromatic N) is 3. The maximum Gasteiger partial charge on any atom is 0.343 e. The Morgan fingerprint density at radius 2 is 2.00 bits per heavy atom. The van der Waals surface area contributed by atoms with Crippen LogP contribution in [-0.2, 0) is 39.5 Å². The largest absolute Gasteiger partial charge is 0.458 e. The second-order valence-corrected chi connectivity index (χ2v) is 10.7. The van der Waals surface area contributed by atoms with E-state index < -0.39 is 17.5 Å². The lowest BCUT2D eigenvalue weighted by atomic mass is 9.79. The van der Waals surface area contributed by atoms with Crippen LogP contribution in [0.2, 0.25) is 0 Å². The molecule has 10 heteroatoms. The molecule has 1 aliphatic carbocycles. The van der Waals surface area contributed by atoms with E-state index in [2.05, 4.69) is 0 Å². The number of ether oxygens (including phenoxy) is 1. The van der Waals surface area contributed by atoms with Crippen molar-refractivity contribution in [1.82, 2.24) is 14.5 Å². The van der Waals surface area contributed by atoms with Crippen molar-refractivity contribution in [3.63, 3.8) is 0 Å². The molecule has 2 N–H and O–H groups in total. The molecule has 1 saturated heterocycles. The molecule has 0 spiro atoms. The maximum absolute atomic E-state index is 15.0. The molecule has 2 aromatic heterocycles. The molecular weight excluding hydrogens is 493 g/mol. The fourth-order valence-electron chi connectivity index (χ4n) is 6.79. The van der Waals surface area contributed by atoms with Gasteiger partial charge >= 0.3 is 5.97 Å². The number of carbonyl (C=O) groups is 2. The van der Waals surface area contributed by atoms with Crippen LogP contribution in [0.15, 0.2) is 16.9 Å². The SMILES string of the molecule is CC[C@@]1(O)C(=O)OCc2c1cc1n(c2=O)Cc2c-1nc1cc(F)c(C)c3c1c2[C@@H](N1CC(CO)C1=O)CC3. The van der Waals surface area contributed by atoms with Crippen LogP contribution < -0.4 is 5.56 Å². The lowest BCUT2D eigenvalue weighted by molar-refractivity contribution is -0.172. The molecule has 0 radical (unpaired) electrons. The quantitative estimate of drug-likeness (QED) is 0.314. The van der Waals surface area contributed by atoms with Crippen LogP contribution in [0.1, 0.15) is 59.2 Å². The van der Waals surface area contributed by atoms with E-state index in [1.165, 1.54) is 6.07 Å². The molecule has 1 fully saturated rings. The summed E-state index contributed by atoms with van der Waals surface area (Å²) in [6.45, 7) is 3.58. The summed E-state index contributed by atoms with van der Waals surface area (Å²) < 4.78 is 21.7. The van der Waals surface area contributed by atoms with Crippen molar-refractivity contribution in [2.75, 3.05) is 13.2 Å². The number of benzene rings is 1. The van der Waals surface area contributed by atoms with Crippen molar-refractivity contribution in [3.8, 4) is 11.4 Å². The van der Waals surface area contributed by atoms with Gasteiger partial charge in [0.25, 0.3) is 5.56 Å². The van der Waals surface area contributed by atoms with Gasteiger partial charge in [0.15, 0.2) is 5.60 Å². The second-order valence-electron chi connectivity index (χ2n) is 10.7. The van der Waals surface area contributed by atoms with Crippen LogP contribution in [0.25, 0.3) is 22.3 Å². The Hall–Kier alpha value is -3.63. The number of cyclic esters (lactones) is 1. The Kier molecular flexibility index (Phi) is 4.76. The average Bonchev–Trinajstić information content (AvgIpc) is 3.28. The van der Waals surface area contributed by atoms with Gasteiger partial charge in [0.1, 0.15) is 12.4 Å². The number of aliphatic hydroxyl groups is 2. The average molecular weight is 520 g/mol. The van der Waals surface area contributed by atoms with Gasteiger partial charge < -0.3 is 24.4 Å². The number of fused-ring (bicyclic) bond motifs is 5. The maximum atomic E-state index is 15.0. The van der Waals surface area contributed by atoms with E-state index in [0.717, 1.165) is 22.1 Å². The molecule has 0 bridgehead atoms. The van der Waals surface area contributed by atoms with E-state index in [-0.39, 0.29) is 60.6 Å². The zero-order valence-electron chi connectivity index (χ0n) is 21.0. The van der Waals surface area contributed by atoms with Crippen molar-refractivity contribution in [3.05, 3.63) is 61.7 Å². The highest BCUT2D eigenvalue weighted by Gasteiger charge is 2.47. The normalized spacial score (nSPS) is 25.1. The van der Waals surface area contributed by atoms with Crippen LogP contribution in [0, 0.1) is 18.7 Å². The third-order valence-electron chi connectivity index (χ3n) is 8.99. The number of rotatable bonds is 3. The second kappa shape index (κ2) is 7.70. The van der Waals surface area contributed by atoms with E-state index in [9.17, 15) is 29.0 Å². The molecule has 1 aromatic carbocycles. The Morgan fingerprint density at radius 3 is 2.71 bits per heavy atom. The molecule has 1 amide bonds. The van der Waals surface area contributed by atoms with Gasteiger partial charge in [-0.3, -0.25) is 9.59 Å². The van der Waals surface area contributed by atoms with Gasteiger partial charge in [-0.05, 0) is 48.9 Å². The standard InChI is InChI=1S/C28H26FN3O6/c1-3-28(37)17-6-21-24-15(9-32(21)26(35)16(17)11-38-27(28)36)23-20(31-8-13(10-33)25(31)34)5-4-14-12(2)18(29)7-19(30-24)22(14)23/h6-7,13,20,33,37H,3-5,8-11H2,1-2H3/t13?,20-,28-/m0/s1. The monoisotopic (exact) mass is 519 g/mol. The van der Waals surface area contributed by atoms with Crippen molar-refractivity contribution in [2.24, 2.45) is 5.92 Å². The van der Waals surface area contributed by atoms with Crippen molar-refractivity contribution in [1.29, 1.82) is 0 Å². The van der Waals surface area contributed by atoms with Gasteiger partial charge in [-0.25, -0.2) is 14.2 Å². The number of aryl methyl sites for hydroxylation is 1. The highest BCUT2D eigenvalue weighted by atomic mass is 19.1. The molecule has 3 aromatic rings. The van der Waals surface area contributed by atoms with Gasteiger partial charge in [0.2, 0.25) is 5.91 Å². The molecule has 3 aliphatic heterocycles. The Morgan fingerprint density at radius 1 is 1.21 bits per heavy atom. The number of likely N-dealkylation sites (tertiary alicyclic amines) is 1. The van der Waals surface area contributed by atoms with E-state index in [1.807, 2.05) is 0 Å². The number of amides is 1. The van der Waals surface area contributed by atoms with Crippen LogP contribution >= 0.6 is 0 Å². The number of hydrogen-bond acceptors (Lipinski definition) is 7. The van der Waals surface area contributed by atoms with E-state index in [4.69, 9.17) is 9.72 Å². The van der Waals surface area contributed by atoms with Gasteiger partial charge in [-0.2, -0.15) is 0 Å². The number of halogens is 1. The summed E-state index contributed by atoms with van der Waals surface area (Å²) >= 11 is 0. The zero-order chi connectivity index (χ0) is 26.7. The first-order chi connectivity index (χ1) is 18.2. The van der Waals surface area contributed by atoms with Crippen LogP contribution in [-0.4, -0.2) is 49.7 Å². The summed E-state index contributed by atoms with van der Waals surface area (Å²) in [5.41, 5.74) is 2.54. The summed E-state index contributed by atoms with van der Waals surface area (Å²) in [5.74, 6) is -1.71. The Balaban J connectivity index is 1.51. The van der Waals surface area contributed by atoms with Gasteiger partial charge in [0.05, 0.1) is 47.6 Å². The number of carbonyl (C=O) groups excluding carboxylic acids is 2. The Bertz CT molecular complexity index is 1680. The van der Waals surface area contributed by atoms with Crippen molar-refractivity contribution in [2.45, 2.75) is 57.9 Å². The first kappa shape index (κ1) is 23.5. The lowest BCUT2D eigenvalue weighted by Gasteiger charge is -2.45. The smallest absolute Gasteiger partial charge is 0.343 e. The minimum absolute atomic E-state index is 0.0317. The number of β-lactam (4-membered cyclic amide) rings is 1. The third kappa shape index (κ3) is 2.76. The fraction of sp³-hybridized carbons (Fsp3) is 0.429. The van der Waals surface area contributed by atoms with E-state index in [0.29, 0.717) is 41.9 Å². The van der Waals surface area contributed by atoms with Gasteiger partial charge in [-0.15, -0.1) is 0 Å². The molecule has 9 nitrogen and oxygen atoms in total. The first-order valence-electron chi connectivity index (χ1n) is 12.9. The number of pyridine rings is 2. The summed E-state index contributed by atoms with van der Waals surface area (Å²) in [6.07, 6.45) is 1.20. The minimum atomic E-state index is -1.95. The Labute approximate surface area is 216 Å². The topological polar surface area (TPSA) is 122 Å². The fourth-order valence-corrected chi connectivity index (χ4v) is 6.79.